The van der Waals surface area contributed by atoms with E-state index < -0.39 is 11.9 Å². The van der Waals surface area contributed by atoms with E-state index in [9.17, 15) is 9.59 Å². The van der Waals surface area contributed by atoms with E-state index in [0.29, 0.717) is 34.4 Å². The molecule has 0 aliphatic rings. The first kappa shape index (κ1) is 21.4. The van der Waals surface area contributed by atoms with Crippen LogP contribution in [-0.2, 0) is 20.7 Å². The third kappa shape index (κ3) is 6.06. The summed E-state index contributed by atoms with van der Waals surface area (Å²) in [5.74, 6) is 0.773. The molecule has 28 heavy (non-hydrogen) atoms. The molecule has 2 rings (SSSR count). The van der Waals surface area contributed by atoms with Crippen LogP contribution in [0.2, 0.25) is 5.02 Å². The van der Waals surface area contributed by atoms with Gasteiger partial charge >= 0.3 is 5.97 Å². The molecule has 1 N–H and O–H groups in total. The van der Waals surface area contributed by atoms with Crippen LogP contribution in [0.25, 0.3) is 0 Å². The topological polar surface area (TPSA) is 83.1 Å². The molecule has 0 heterocycles. The van der Waals surface area contributed by atoms with Gasteiger partial charge in [-0.25, -0.2) is 0 Å². The summed E-state index contributed by atoms with van der Waals surface area (Å²) in [5, 5.41) is 2.97. The maximum Gasteiger partial charge on any atom is 0.306 e. The van der Waals surface area contributed by atoms with Crippen molar-refractivity contribution < 1.29 is 28.5 Å². The number of rotatable bonds is 9. The van der Waals surface area contributed by atoms with Crippen molar-refractivity contribution in [2.75, 3.05) is 33.3 Å². The lowest BCUT2D eigenvalue weighted by molar-refractivity contribution is -0.147. The minimum absolute atomic E-state index is 0.136. The Morgan fingerprint density at radius 1 is 0.929 bits per heavy atom. The van der Waals surface area contributed by atoms with Crippen molar-refractivity contribution in [2.45, 2.75) is 12.8 Å². The maximum atomic E-state index is 11.9. The zero-order valence-electron chi connectivity index (χ0n) is 15.9. The summed E-state index contributed by atoms with van der Waals surface area (Å²) in [4.78, 5) is 23.8. The Balaban J connectivity index is 1.79. The number of amides is 1. The lowest BCUT2D eigenvalue weighted by atomic mass is 10.1. The van der Waals surface area contributed by atoms with Crippen LogP contribution in [0.4, 0.5) is 5.69 Å². The van der Waals surface area contributed by atoms with Gasteiger partial charge in [-0.1, -0.05) is 17.7 Å². The number of methoxy groups -OCH3 is 3. The van der Waals surface area contributed by atoms with Crippen LogP contribution in [0, 0.1) is 0 Å². The van der Waals surface area contributed by atoms with Crippen LogP contribution in [0.3, 0.4) is 0 Å². The van der Waals surface area contributed by atoms with Crippen molar-refractivity contribution in [2.24, 2.45) is 0 Å². The van der Waals surface area contributed by atoms with Gasteiger partial charge in [-0.2, -0.15) is 0 Å². The molecule has 0 fully saturated rings. The van der Waals surface area contributed by atoms with Gasteiger partial charge in [0.2, 0.25) is 0 Å². The number of hydrogen-bond acceptors (Lipinski definition) is 6. The van der Waals surface area contributed by atoms with Crippen LogP contribution < -0.4 is 19.5 Å². The van der Waals surface area contributed by atoms with Gasteiger partial charge < -0.3 is 24.3 Å². The number of ether oxygens (including phenoxy) is 4. The summed E-state index contributed by atoms with van der Waals surface area (Å²) in [6.07, 6.45) is 0.589. The summed E-state index contributed by atoms with van der Waals surface area (Å²) in [7, 11) is 4.60. The number of aryl methyl sites for hydroxylation is 1. The maximum absolute atomic E-state index is 11.9. The molecule has 0 aliphatic heterocycles. The first-order valence-corrected chi connectivity index (χ1v) is 8.84. The first-order valence-electron chi connectivity index (χ1n) is 8.46. The molecule has 0 saturated carbocycles. The molecule has 2 aromatic carbocycles. The highest BCUT2D eigenvalue weighted by molar-refractivity contribution is 6.32. The molecule has 0 radical (unpaired) electrons. The molecule has 0 aliphatic carbocycles. The van der Waals surface area contributed by atoms with Crippen LogP contribution in [0.5, 0.6) is 17.2 Å². The molecule has 0 saturated heterocycles. The molecule has 0 aromatic heterocycles. The molecule has 7 nitrogen and oxygen atoms in total. The monoisotopic (exact) mass is 407 g/mol. The average molecular weight is 408 g/mol. The SMILES string of the molecule is COc1ccc(NC(=O)COC(=O)CCc2ccc(OC)c(OC)c2)cc1Cl. The van der Waals surface area contributed by atoms with Crippen molar-refractivity contribution >= 4 is 29.2 Å². The van der Waals surface area contributed by atoms with E-state index in [0.717, 1.165) is 5.56 Å². The van der Waals surface area contributed by atoms with Gasteiger partial charge in [-0.15, -0.1) is 0 Å². The van der Waals surface area contributed by atoms with Crippen LogP contribution >= 0.6 is 11.6 Å². The molecule has 0 unspecified atom stereocenters. The fourth-order valence-corrected chi connectivity index (χ4v) is 2.70. The van der Waals surface area contributed by atoms with Crippen LogP contribution in [-0.4, -0.2) is 39.8 Å². The van der Waals surface area contributed by atoms with Crippen molar-refractivity contribution in [3.63, 3.8) is 0 Å². The van der Waals surface area contributed by atoms with Crippen molar-refractivity contribution in [1.29, 1.82) is 0 Å². The Labute approximate surface area is 168 Å². The summed E-state index contributed by atoms with van der Waals surface area (Å²) >= 11 is 6.00. The molecular formula is C20H22ClNO6. The summed E-state index contributed by atoms with van der Waals surface area (Å²) in [6, 6.07) is 10.2. The standard InChI is InChI=1S/C20H22ClNO6/c1-25-16-8-6-14(11-15(16)21)22-19(23)12-28-20(24)9-5-13-4-7-17(26-2)18(10-13)27-3/h4,6-8,10-11H,5,9,12H2,1-3H3,(H,22,23). The lowest BCUT2D eigenvalue weighted by Gasteiger charge is -2.10. The minimum Gasteiger partial charge on any atom is -0.495 e. The van der Waals surface area contributed by atoms with E-state index in [1.54, 1.807) is 44.6 Å². The van der Waals surface area contributed by atoms with E-state index in [1.165, 1.54) is 7.11 Å². The molecule has 0 bridgehead atoms. The zero-order chi connectivity index (χ0) is 20.5. The van der Waals surface area contributed by atoms with Gasteiger partial charge in [0.05, 0.1) is 26.4 Å². The van der Waals surface area contributed by atoms with E-state index in [-0.39, 0.29) is 13.0 Å². The van der Waals surface area contributed by atoms with Gasteiger partial charge in [0.25, 0.3) is 5.91 Å². The van der Waals surface area contributed by atoms with E-state index in [1.807, 2.05) is 6.07 Å². The quantitative estimate of drug-likeness (QED) is 0.641. The molecule has 8 heteroatoms. The lowest BCUT2D eigenvalue weighted by Crippen LogP contribution is -2.21. The fraction of sp³-hybridized carbons (Fsp3) is 0.300. The Kier molecular flexibility index (Phi) is 7.95. The molecule has 1 amide bonds. The molecule has 0 spiro atoms. The predicted molar refractivity (Wildman–Crippen MR) is 105 cm³/mol. The third-order valence-corrected chi connectivity index (χ3v) is 4.16. The number of benzene rings is 2. The third-order valence-electron chi connectivity index (χ3n) is 3.87. The Morgan fingerprint density at radius 3 is 2.25 bits per heavy atom. The zero-order valence-corrected chi connectivity index (χ0v) is 16.7. The fourth-order valence-electron chi connectivity index (χ4n) is 2.44. The minimum atomic E-state index is -0.474. The van der Waals surface area contributed by atoms with E-state index in [2.05, 4.69) is 5.32 Å². The van der Waals surface area contributed by atoms with Crippen molar-refractivity contribution in [3.05, 3.63) is 47.0 Å². The average Bonchev–Trinajstić information content (AvgIpc) is 2.70. The number of carbonyl (C=O) groups is 2. The van der Waals surface area contributed by atoms with Crippen LogP contribution in [0.15, 0.2) is 36.4 Å². The van der Waals surface area contributed by atoms with Crippen LogP contribution in [0.1, 0.15) is 12.0 Å². The largest absolute Gasteiger partial charge is 0.495 e. The van der Waals surface area contributed by atoms with Crippen molar-refractivity contribution in [3.8, 4) is 17.2 Å². The highest BCUT2D eigenvalue weighted by atomic mass is 35.5. The van der Waals surface area contributed by atoms with Gasteiger partial charge in [0, 0.05) is 12.1 Å². The molecule has 150 valence electrons. The second-order valence-electron chi connectivity index (χ2n) is 5.75. The second-order valence-corrected chi connectivity index (χ2v) is 6.15. The van der Waals surface area contributed by atoms with Gasteiger partial charge in [0.15, 0.2) is 18.1 Å². The number of hydrogen-bond donors (Lipinski definition) is 1. The Bertz CT molecular complexity index is 839. The first-order chi connectivity index (χ1) is 13.5. The molecule has 2 aromatic rings. The molecular weight excluding hydrogens is 386 g/mol. The normalized spacial score (nSPS) is 10.1. The number of nitrogens with one attached hydrogen (secondary N) is 1. The van der Waals surface area contributed by atoms with E-state index >= 15 is 0 Å². The number of esters is 1. The second kappa shape index (κ2) is 10.4. The summed E-state index contributed by atoms with van der Waals surface area (Å²) in [6.45, 7) is -0.381. The van der Waals surface area contributed by atoms with E-state index in [4.69, 9.17) is 30.5 Å². The van der Waals surface area contributed by atoms with Gasteiger partial charge in [-0.3, -0.25) is 9.59 Å². The Morgan fingerprint density at radius 2 is 1.61 bits per heavy atom. The number of halogens is 1. The highest BCUT2D eigenvalue weighted by Gasteiger charge is 2.11. The predicted octanol–water partition coefficient (Wildman–Crippen LogP) is 3.48. The van der Waals surface area contributed by atoms with Crippen molar-refractivity contribution in [1.82, 2.24) is 0 Å². The van der Waals surface area contributed by atoms with Gasteiger partial charge in [0.1, 0.15) is 5.75 Å². The molecule has 0 atom stereocenters. The summed E-state index contributed by atoms with van der Waals surface area (Å²) < 4.78 is 20.5. The number of carbonyl (C=O) groups excluding carboxylic acids is 2. The summed E-state index contributed by atoms with van der Waals surface area (Å²) in [5.41, 5.74) is 1.38. The number of anilines is 1. The smallest absolute Gasteiger partial charge is 0.306 e. The van der Waals surface area contributed by atoms with Gasteiger partial charge in [-0.05, 0) is 42.3 Å². The Hall–Kier alpha value is -2.93. The highest BCUT2D eigenvalue weighted by Crippen LogP contribution is 2.28.